The van der Waals surface area contributed by atoms with Crippen LogP contribution < -0.4 is 29.0 Å². The molecule has 1 amide bonds. The highest BCUT2D eigenvalue weighted by Gasteiger charge is 2.22. The number of benzene rings is 2. The smallest absolute Gasteiger partial charge is 0.224 e. The van der Waals surface area contributed by atoms with E-state index in [4.69, 9.17) is 23.7 Å². The van der Waals surface area contributed by atoms with Gasteiger partial charge in [0, 0.05) is 24.1 Å². The summed E-state index contributed by atoms with van der Waals surface area (Å²) in [4.78, 5) is 12.6. The molecule has 162 valence electrons. The molecule has 7 nitrogen and oxygen atoms in total. The second-order valence-corrected chi connectivity index (χ2v) is 7.12. The number of carbonyl (C=O) groups excluding carboxylic acids is 1. The van der Waals surface area contributed by atoms with Crippen LogP contribution in [0.4, 0.5) is 0 Å². The molecule has 0 spiro atoms. The summed E-state index contributed by atoms with van der Waals surface area (Å²) in [6.45, 7) is 4.89. The highest BCUT2D eigenvalue weighted by Crippen LogP contribution is 2.38. The number of hydrogen-bond acceptors (Lipinski definition) is 6. The predicted molar refractivity (Wildman–Crippen MR) is 113 cm³/mol. The average molecular weight is 415 g/mol. The van der Waals surface area contributed by atoms with Gasteiger partial charge in [-0.05, 0) is 43.7 Å². The van der Waals surface area contributed by atoms with E-state index >= 15 is 0 Å². The molecule has 0 saturated heterocycles. The quantitative estimate of drug-likeness (QED) is 0.677. The third kappa shape index (κ3) is 4.72. The number of amides is 1. The minimum Gasteiger partial charge on any atom is -0.494 e. The highest BCUT2D eigenvalue weighted by atomic mass is 16.5. The molecule has 1 atom stereocenters. The molecule has 2 aromatic rings. The lowest BCUT2D eigenvalue weighted by Gasteiger charge is -2.15. The molecule has 0 radical (unpaired) electrons. The summed E-state index contributed by atoms with van der Waals surface area (Å²) in [6, 6.07) is 7.53. The summed E-state index contributed by atoms with van der Waals surface area (Å²) in [5.41, 5.74) is 2.79. The first kappa shape index (κ1) is 21.6. The van der Waals surface area contributed by atoms with Crippen LogP contribution in [0.25, 0.3) is 0 Å². The number of hydrogen-bond donors (Lipinski definition) is 1. The monoisotopic (exact) mass is 415 g/mol. The van der Waals surface area contributed by atoms with E-state index in [1.165, 1.54) is 0 Å². The second-order valence-electron chi connectivity index (χ2n) is 7.12. The van der Waals surface area contributed by atoms with Gasteiger partial charge in [0.05, 0.1) is 34.4 Å². The Labute approximate surface area is 177 Å². The Bertz CT molecular complexity index is 886. The van der Waals surface area contributed by atoms with E-state index in [9.17, 15) is 4.79 Å². The van der Waals surface area contributed by atoms with Crippen LogP contribution in [0.1, 0.15) is 30.5 Å². The molecule has 0 fully saturated rings. The van der Waals surface area contributed by atoms with Gasteiger partial charge in [-0.3, -0.25) is 4.79 Å². The standard InChI is InChI=1S/C23H29NO6/c1-6-29-18-11-16-7-14(2)30-19(16)12-17(18)13-24-22(25)10-15-8-20(26-3)23(28-5)21(9-15)27-4/h8-9,11-12,14H,6-7,10,13H2,1-5H3,(H,24,25)/t14-/m0/s1. The largest absolute Gasteiger partial charge is 0.494 e. The molecular formula is C23H29NO6. The number of methoxy groups -OCH3 is 3. The van der Waals surface area contributed by atoms with Crippen LogP contribution in [-0.4, -0.2) is 39.9 Å². The third-order valence-electron chi connectivity index (χ3n) is 4.94. The first-order valence-corrected chi connectivity index (χ1v) is 9.99. The molecule has 0 aliphatic carbocycles. The van der Waals surface area contributed by atoms with Crippen molar-refractivity contribution in [2.24, 2.45) is 0 Å². The van der Waals surface area contributed by atoms with Gasteiger partial charge in [-0.15, -0.1) is 0 Å². The number of carbonyl (C=O) groups is 1. The van der Waals surface area contributed by atoms with Crippen LogP contribution in [-0.2, 0) is 24.2 Å². The van der Waals surface area contributed by atoms with Gasteiger partial charge in [0.25, 0.3) is 0 Å². The summed E-state index contributed by atoms with van der Waals surface area (Å²) in [5.74, 6) is 3.05. The van der Waals surface area contributed by atoms with E-state index in [1.54, 1.807) is 33.5 Å². The van der Waals surface area contributed by atoms with Crippen molar-refractivity contribution in [2.45, 2.75) is 39.3 Å². The Morgan fingerprint density at radius 2 is 1.77 bits per heavy atom. The Morgan fingerprint density at radius 3 is 2.37 bits per heavy atom. The summed E-state index contributed by atoms with van der Waals surface area (Å²) >= 11 is 0. The zero-order valence-corrected chi connectivity index (χ0v) is 18.2. The van der Waals surface area contributed by atoms with Crippen molar-refractivity contribution >= 4 is 5.91 Å². The maximum absolute atomic E-state index is 12.6. The Morgan fingerprint density at radius 1 is 1.07 bits per heavy atom. The van der Waals surface area contributed by atoms with E-state index in [-0.39, 0.29) is 18.4 Å². The normalized spacial score (nSPS) is 14.5. The predicted octanol–water partition coefficient (Wildman–Crippen LogP) is 3.29. The maximum atomic E-state index is 12.6. The SMILES string of the molecule is CCOc1cc2c(cc1CNC(=O)Cc1cc(OC)c(OC)c(OC)c1)O[C@@H](C)C2. The van der Waals surface area contributed by atoms with Gasteiger partial charge in [-0.2, -0.15) is 0 Å². The molecule has 3 rings (SSSR count). The van der Waals surface area contributed by atoms with Crippen LogP contribution in [0.15, 0.2) is 24.3 Å². The number of nitrogens with one attached hydrogen (secondary N) is 1. The molecule has 1 heterocycles. The van der Waals surface area contributed by atoms with E-state index in [0.29, 0.717) is 30.4 Å². The molecule has 0 saturated carbocycles. The molecule has 2 aromatic carbocycles. The van der Waals surface area contributed by atoms with Gasteiger partial charge in [0.15, 0.2) is 11.5 Å². The van der Waals surface area contributed by atoms with Crippen molar-refractivity contribution in [2.75, 3.05) is 27.9 Å². The zero-order valence-electron chi connectivity index (χ0n) is 18.2. The molecule has 0 bridgehead atoms. The van der Waals surface area contributed by atoms with Crippen molar-refractivity contribution in [1.82, 2.24) is 5.32 Å². The van der Waals surface area contributed by atoms with E-state index in [0.717, 1.165) is 34.6 Å². The maximum Gasteiger partial charge on any atom is 0.224 e. The molecule has 0 unspecified atom stereocenters. The van der Waals surface area contributed by atoms with Crippen molar-refractivity contribution < 1.29 is 28.5 Å². The lowest BCUT2D eigenvalue weighted by atomic mass is 10.1. The minimum atomic E-state index is -0.124. The summed E-state index contributed by atoms with van der Waals surface area (Å²) in [5, 5.41) is 2.96. The Hall–Kier alpha value is -3.09. The lowest BCUT2D eigenvalue weighted by Crippen LogP contribution is -2.25. The molecule has 1 aliphatic heterocycles. The third-order valence-corrected chi connectivity index (χ3v) is 4.94. The van der Waals surface area contributed by atoms with Crippen LogP contribution in [0.5, 0.6) is 28.7 Å². The van der Waals surface area contributed by atoms with E-state index in [2.05, 4.69) is 5.32 Å². The lowest BCUT2D eigenvalue weighted by molar-refractivity contribution is -0.120. The zero-order chi connectivity index (χ0) is 21.7. The highest BCUT2D eigenvalue weighted by molar-refractivity contribution is 5.79. The van der Waals surface area contributed by atoms with Gasteiger partial charge in [0.2, 0.25) is 11.7 Å². The van der Waals surface area contributed by atoms with Crippen molar-refractivity contribution in [3.05, 3.63) is 41.0 Å². The van der Waals surface area contributed by atoms with Crippen molar-refractivity contribution in [1.29, 1.82) is 0 Å². The summed E-state index contributed by atoms with van der Waals surface area (Å²) < 4.78 is 27.7. The van der Waals surface area contributed by atoms with Gasteiger partial charge in [-0.1, -0.05) is 0 Å². The van der Waals surface area contributed by atoms with E-state index < -0.39 is 0 Å². The van der Waals surface area contributed by atoms with Crippen LogP contribution >= 0.6 is 0 Å². The fraction of sp³-hybridized carbons (Fsp3) is 0.435. The topological polar surface area (TPSA) is 75.3 Å². The first-order chi connectivity index (χ1) is 14.5. The average Bonchev–Trinajstić information content (AvgIpc) is 3.10. The van der Waals surface area contributed by atoms with Gasteiger partial charge >= 0.3 is 0 Å². The number of rotatable bonds is 9. The van der Waals surface area contributed by atoms with Crippen molar-refractivity contribution in [3.8, 4) is 28.7 Å². The molecular weight excluding hydrogens is 386 g/mol. The Kier molecular flexibility index (Phi) is 6.92. The number of ether oxygens (including phenoxy) is 5. The van der Waals surface area contributed by atoms with Gasteiger partial charge in [-0.25, -0.2) is 0 Å². The summed E-state index contributed by atoms with van der Waals surface area (Å²) in [6.07, 6.45) is 1.20. The van der Waals surface area contributed by atoms with E-state index in [1.807, 2.05) is 26.0 Å². The molecule has 1 aliphatic rings. The van der Waals surface area contributed by atoms with Gasteiger partial charge in [0.1, 0.15) is 17.6 Å². The first-order valence-electron chi connectivity index (χ1n) is 9.99. The fourth-order valence-corrected chi connectivity index (χ4v) is 3.59. The molecule has 30 heavy (non-hydrogen) atoms. The van der Waals surface area contributed by atoms with Crippen LogP contribution in [0, 0.1) is 0 Å². The van der Waals surface area contributed by atoms with Crippen molar-refractivity contribution in [3.63, 3.8) is 0 Å². The summed E-state index contributed by atoms with van der Waals surface area (Å²) in [7, 11) is 4.64. The minimum absolute atomic E-state index is 0.124. The second kappa shape index (κ2) is 9.61. The fourth-order valence-electron chi connectivity index (χ4n) is 3.59. The van der Waals surface area contributed by atoms with Crippen LogP contribution in [0.2, 0.25) is 0 Å². The molecule has 0 aromatic heterocycles. The number of fused-ring (bicyclic) bond motifs is 1. The van der Waals surface area contributed by atoms with Crippen LogP contribution in [0.3, 0.4) is 0 Å². The molecule has 7 heteroatoms. The Balaban J connectivity index is 1.71. The molecule has 1 N–H and O–H groups in total. The van der Waals surface area contributed by atoms with Gasteiger partial charge < -0.3 is 29.0 Å².